The number of benzene rings is 2. The minimum absolute atomic E-state index is 0.150. The van der Waals surface area contributed by atoms with Crippen LogP contribution in [0.2, 0.25) is 0 Å². The second kappa shape index (κ2) is 8.67. The van der Waals surface area contributed by atoms with Crippen LogP contribution in [0.15, 0.2) is 59.8 Å². The monoisotopic (exact) mass is 370 g/mol. The minimum atomic E-state index is -0.422. The summed E-state index contributed by atoms with van der Waals surface area (Å²) in [5, 5.41) is 0.596. The van der Waals surface area contributed by atoms with E-state index in [1.165, 1.54) is 17.8 Å². The fourth-order valence-electron chi connectivity index (χ4n) is 2.30. The summed E-state index contributed by atoms with van der Waals surface area (Å²) in [5.74, 6) is 1.58. The largest absolute Gasteiger partial charge is 0.497 e. The molecule has 0 saturated heterocycles. The van der Waals surface area contributed by atoms with Crippen molar-refractivity contribution in [3.8, 4) is 17.4 Å². The summed E-state index contributed by atoms with van der Waals surface area (Å²) in [6, 6.07) is 15.9. The standard InChI is InChI=1S/C20H19FN2O2S/c1-3-15-12-19(25-18-10-5-4-9-17(18)21)23-20(22-15)26-13-14-7-6-8-16(11-14)24-2/h4-12H,3,13H2,1-2H3. The molecular formula is C20H19FN2O2S. The number of hydrogen-bond donors (Lipinski definition) is 0. The molecule has 0 radical (unpaired) electrons. The Labute approximate surface area is 156 Å². The number of rotatable bonds is 7. The molecule has 26 heavy (non-hydrogen) atoms. The predicted molar refractivity (Wildman–Crippen MR) is 100 cm³/mol. The van der Waals surface area contributed by atoms with Crippen LogP contribution in [-0.2, 0) is 12.2 Å². The number of ether oxygens (including phenoxy) is 2. The number of halogens is 1. The number of aromatic nitrogens is 2. The van der Waals surface area contributed by atoms with E-state index >= 15 is 0 Å². The Hall–Kier alpha value is -2.60. The van der Waals surface area contributed by atoms with Gasteiger partial charge in [-0.2, -0.15) is 4.98 Å². The van der Waals surface area contributed by atoms with Crippen LogP contribution >= 0.6 is 11.8 Å². The lowest BCUT2D eigenvalue weighted by Crippen LogP contribution is -1.98. The lowest BCUT2D eigenvalue weighted by molar-refractivity contribution is 0.414. The minimum Gasteiger partial charge on any atom is -0.497 e. The van der Waals surface area contributed by atoms with Crippen molar-refractivity contribution in [2.75, 3.05) is 7.11 Å². The SMILES string of the molecule is CCc1cc(Oc2ccccc2F)nc(SCc2cccc(OC)c2)n1. The highest BCUT2D eigenvalue weighted by molar-refractivity contribution is 7.98. The second-order valence-electron chi connectivity index (χ2n) is 5.51. The van der Waals surface area contributed by atoms with E-state index in [-0.39, 0.29) is 5.75 Å². The van der Waals surface area contributed by atoms with Crippen LogP contribution < -0.4 is 9.47 Å². The van der Waals surface area contributed by atoms with E-state index in [0.717, 1.165) is 23.4 Å². The van der Waals surface area contributed by atoms with E-state index < -0.39 is 5.82 Å². The molecule has 0 saturated carbocycles. The Morgan fingerprint density at radius 2 is 1.88 bits per heavy atom. The summed E-state index contributed by atoms with van der Waals surface area (Å²) in [4.78, 5) is 8.93. The summed E-state index contributed by atoms with van der Waals surface area (Å²) in [6.45, 7) is 2.01. The Morgan fingerprint density at radius 1 is 1.04 bits per heavy atom. The molecule has 134 valence electrons. The third kappa shape index (κ3) is 4.73. The first-order valence-corrected chi connectivity index (χ1v) is 9.22. The van der Waals surface area contributed by atoms with Gasteiger partial charge in [-0.3, -0.25) is 0 Å². The summed E-state index contributed by atoms with van der Waals surface area (Å²) in [6.07, 6.45) is 0.739. The van der Waals surface area contributed by atoms with Crippen LogP contribution in [-0.4, -0.2) is 17.1 Å². The molecule has 0 bridgehead atoms. The molecule has 0 aliphatic heterocycles. The zero-order chi connectivity index (χ0) is 18.4. The van der Waals surface area contributed by atoms with Crippen molar-refractivity contribution in [1.82, 2.24) is 9.97 Å². The van der Waals surface area contributed by atoms with Crippen LogP contribution in [0, 0.1) is 5.82 Å². The highest BCUT2D eigenvalue weighted by Crippen LogP contribution is 2.27. The number of methoxy groups -OCH3 is 1. The highest BCUT2D eigenvalue weighted by Gasteiger charge is 2.09. The van der Waals surface area contributed by atoms with Gasteiger partial charge in [0.25, 0.3) is 0 Å². The third-order valence-corrected chi connectivity index (χ3v) is 4.57. The van der Waals surface area contributed by atoms with Crippen molar-refractivity contribution >= 4 is 11.8 Å². The van der Waals surface area contributed by atoms with Gasteiger partial charge in [0, 0.05) is 17.5 Å². The first-order chi connectivity index (χ1) is 12.7. The Bertz CT molecular complexity index is 889. The van der Waals surface area contributed by atoms with Gasteiger partial charge in [-0.1, -0.05) is 43.0 Å². The van der Waals surface area contributed by atoms with E-state index in [4.69, 9.17) is 9.47 Å². The van der Waals surface area contributed by atoms with Crippen molar-refractivity contribution in [3.05, 3.63) is 71.7 Å². The van der Waals surface area contributed by atoms with Crippen molar-refractivity contribution in [2.24, 2.45) is 0 Å². The average molecular weight is 370 g/mol. The van der Waals surface area contributed by atoms with Crippen molar-refractivity contribution in [1.29, 1.82) is 0 Å². The van der Waals surface area contributed by atoms with Gasteiger partial charge < -0.3 is 9.47 Å². The fourth-order valence-corrected chi connectivity index (χ4v) is 3.11. The topological polar surface area (TPSA) is 44.2 Å². The van der Waals surface area contributed by atoms with Gasteiger partial charge in [0.1, 0.15) is 5.75 Å². The molecule has 3 rings (SSSR count). The van der Waals surface area contributed by atoms with E-state index in [9.17, 15) is 4.39 Å². The van der Waals surface area contributed by atoms with Crippen LogP contribution in [0.4, 0.5) is 4.39 Å². The predicted octanol–water partition coefficient (Wildman–Crippen LogP) is 5.27. The summed E-state index contributed by atoms with van der Waals surface area (Å²) >= 11 is 1.50. The smallest absolute Gasteiger partial charge is 0.223 e. The van der Waals surface area contributed by atoms with Crippen LogP contribution in [0.5, 0.6) is 17.4 Å². The summed E-state index contributed by atoms with van der Waals surface area (Å²) in [7, 11) is 1.65. The molecule has 0 atom stereocenters. The molecule has 6 heteroatoms. The quantitative estimate of drug-likeness (QED) is 0.419. The lowest BCUT2D eigenvalue weighted by Gasteiger charge is -2.09. The van der Waals surface area contributed by atoms with Gasteiger partial charge in [-0.15, -0.1) is 0 Å². The fraction of sp³-hybridized carbons (Fsp3) is 0.200. The van der Waals surface area contributed by atoms with Crippen molar-refractivity contribution < 1.29 is 13.9 Å². The van der Waals surface area contributed by atoms with Gasteiger partial charge >= 0.3 is 0 Å². The Morgan fingerprint density at radius 3 is 2.65 bits per heavy atom. The van der Waals surface area contributed by atoms with Crippen molar-refractivity contribution in [2.45, 2.75) is 24.3 Å². The zero-order valence-electron chi connectivity index (χ0n) is 14.6. The first-order valence-electron chi connectivity index (χ1n) is 8.24. The molecule has 0 fully saturated rings. The molecule has 4 nitrogen and oxygen atoms in total. The number of nitrogens with zero attached hydrogens (tertiary/aromatic N) is 2. The van der Waals surface area contributed by atoms with Gasteiger partial charge in [0.2, 0.25) is 5.88 Å². The number of para-hydroxylation sites is 1. The molecule has 0 aliphatic rings. The highest BCUT2D eigenvalue weighted by atomic mass is 32.2. The molecule has 0 aliphatic carbocycles. The van der Waals surface area contributed by atoms with Gasteiger partial charge in [0.15, 0.2) is 16.7 Å². The molecule has 1 heterocycles. The zero-order valence-corrected chi connectivity index (χ0v) is 15.4. The molecule has 0 amide bonds. The van der Waals surface area contributed by atoms with E-state index in [0.29, 0.717) is 16.8 Å². The van der Waals surface area contributed by atoms with Crippen LogP contribution in [0.1, 0.15) is 18.2 Å². The lowest BCUT2D eigenvalue weighted by atomic mass is 10.2. The molecule has 0 spiro atoms. The maximum absolute atomic E-state index is 13.8. The molecule has 2 aromatic carbocycles. The van der Waals surface area contributed by atoms with Crippen LogP contribution in [0.3, 0.4) is 0 Å². The Kier molecular flexibility index (Phi) is 6.07. The molecule has 0 N–H and O–H groups in total. The normalized spacial score (nSPS) is 10.6. The molecule has 3 aromatic rings. The molecular weight excluding hydrogens is 351 g/mol. The van der Waals surface area contributed by atoms with E-state index in [2.05, 4.69) is 9.97 Å². The van der Waals surface area contributed by atoms with Gasteiger partial charge in [-0.25, -0.2) is 9.37 Å². The number of thioether (sulfide) groups is 1. The second-order valence-corrected chi connectivity index (χ2v) is 6.45. The average Bonchev–Trinajstić information content (AvgIpc) is 2.68. The van der Waals surface area contributed by atoms with Gasteiger partial charge in [-0.05, 0) is 36.2 Å². The summed E-state index contributed by atoms with van der Waals surface area (Å²) < 4.78 is 24.7. The van der Waals surface area contributed by atoms with Crippen LogP contribution in [0.25, 0.3) is 0 Å². The first kappa shape index (κ1) is 18.2. The van der Waals surface area contributed by atoms with E-state index in [1.807, 2.05) is 31.2 Å². The number of aryl methyl sites for hydroxylation is 1. The Balaban J connectivity index is 1.77. The molecule has 0 unspecified atom stereocenters. The van der Waals surface area contributed by atoms with Crippen molar-refractivity contribution in [3.63, 3.8) is 0 Å². The maximum atomic E-state index is 13.8. The molecule has 1 aromatic heterocycles. The van der Waals surface area contributed by atoms with Gasteiger partial charge in [0.05, 0.1) is 7.11 Å². The number of hydrogen-bond acceptors (Lipinski definition) is 5. The third-order valence-electron chi connectivity index (χ3n) is 3.65. The summed E-state index contributed by atoms with van der Waals surface area (Å²) in [5.41, 5.74) is 1.95. The van der Waals surface area contributed by atoms with E-state index in [1.54, 1.807) is 31.4 Å². The maximum Gasteiger partial charge on any atom is 0.223 e.